The highest BCUT2D eigenvalue weighted by molar-refractivity contribution is 8.00. The van der Waals surface area contributed by atoms with Gasteiger partial charge in [-0.1, -0.05) is 0 Å². The third-order valence-electron chi connectivity index (χ3n) is 9.14. The van der Waals surface area contributed by atoms with Crippen LogP contribution in [-0.4, -0.2) is 117 Å². The lowest BCUT2D eigenvalue weighted by atomic mass is 9.70. The Labute approximate surface area is 243 Å². The molecule has 5 heterocycles. The minimum atomic E-state index is -2.55. The number of nitrogens with zero attached hydrogens (tertiary/aromatic N) is 1. The number of carbonyl (C=O) groups is 2. The number of piperidine rings is 2. The fourth-order valence-electron chi connectivity index (χ4n) is 6.96. The number of nitrogens with one attached hydrogen (secondary N) is 6. The molecule has 5 rings (SSSR count). The molecule has 0 aromatic heterocycles. The van der Waals surface area contributed by atoms with Crippen molar-refractivity contribution in [3.8, 4) is 0 Å². The van der Waals surface area contributed by atoms with Gasteiger partial charge in [0.25, 0.3) is 5.91 Å². The highest BCUT2D eigenvalue weighted by Crippen LogP contribution is 2.38. The van der Waals surface area contributed by atoms with Gasteiger partial charge in [-0.05, 0) is 31.6 Å². The molecular weight excluding hydrogens is 568 g/mol. The minimum absolute atomic E-state index is 0.00871. The first-order valence-electron chi connectivity index (χ1n) is 14.1. The number of alkyl halides is 3. The van der Waals surface area contributed by atoms with Crippen molar-refractivity contribution in [1.82, 2.24) is 36.8 Å². The van der Waals surface area contributed by atoms with E-state index in [2.05, 4.69) is 38.8 Å². The summed E-state index contributed by atoms with van der Waals surface area (Å²) in [5, 5.41) is 19.3. The van der Waals surface area contributed by atoms with Crippen LogP contribution in [0.2, 0.25) is 0 Å². The second-order valence-corrected chi connectivity index (χ2v) is 13.5. The molecule has 0 bridgehead atoms. The summed E-state index contributed by atoms with van der Waals surface area (Å²) >= 11 is 8.07. The number of thioether (sulfide) groups is 1. The Hall–Kier alpha value is -0.840. The lowest BCUT2D eigenvalue weighted by Crippen LogP contribution is -2.65. The van der Waals surface area contributed by atoms with Gasteiger partial charge in [0.1, 0.15) is 17.9 Å². The molecule has 0 saturated carbocycles. The molecule has 11 nitrogen and oxygen atoms in total. The number of rotatable bonds is 7. The molecule has 0 radical (unpaired) electrons. The molecule has 12 unspecified atom stereocenters. The van der Waals surface area contributed by atoms with E-state index in [1.165, 1.54) is 7.11 Å². The van der Waals surface area contributed by atoms with Crippen molar-refractivity contribution < 1.29 is 27.8 Å². The van der Waals surface area contributed by atoms with E-state index in [-0.39, 0.29) is 64.5 Å². The van der Waals surface area contributed by atoms with E-state index >= 15 is 0 Å². The molecule has 228 valence electrons. The first-order valence-corrected chi connectivity index (χ1v) is 15.5. The van der Waals surface area contributed by atoms with Gasteiger partial charge in [-0.15, -0.1) is 23.4 Å². The molecule has 40 heavy (non-hydrogen) atoms. The number of methoxy groups -OCH3 is 2. The first kappa shape index (κ1) is 30.6. The average molecular weight is 610 g/mol. The van der Waals surface area contributed by atoms with Gasteiger partial charge < -0.3 is 25.0 Å². The van der Waals surface area contributed by atoms with Crippen LogP contribution in [0.3, 0.4) is 0 Å². The summed E-state index contributed by atoms with van der Waals surface area (Å²) in [5.74, 6) is -1.06. The van der Waals surface area contributed by atoms with Gasteiger partial charge in [0.05, 0.1) is 23.4 Å². The first-order chi connectivity index (χ1) is 19.2. The third-order valence-corrected chi connectivity index (χ3v) is 10.8. The largest absolute Gasteiger partial charge is 0.380 e. The molecule has 5 fully saturated rings. The van der Waals surface area contributed by atoms with Gasteiger partial charge in [-0.25, -0.2) is 8.78 Å². The van der Waals surface area contributed by atoms with Crippen LogP contribution in [0.25, 0.3) is 0 Å². The molecule has 0 aliphatic carbocycles. The van der Waals surface area contributed by atoms with Crippen LogP contribution < -0.4 is 31.9 Å². The fourth-order valence-corrected chi connectivity index (χ4v) is 8.66. The minimum Gasteiger partial charge on any atom is -0.380 e. The van der Waals surface area contributed by atoms with Crippen molar-refractivity contribution in [2.45, 2.75) is 73.0 Å². The van der Waals surface area contributed by atoms with Crippen LogP contribution in [0.5, 0.6) is 0 Å². The van der Waals surface area contributed by atoms with Crippen molar-refractivity contribution >= 4 is 35.2 Å². The molecule has 2 amide bonds. The van der Waals surface area contributed by atoms with Gasteiger partial charge >= 0.3 is 0 Å². The fraction of sp³-hybridized carbons (Fsp3) is 0.920. The Morgan fingerprint density at radius 1 is 1.02 bits per heavy atom. The molecule has 0 spiro atoms. The van der Waals surface area contributed by atoms with Crippen molar-refractivity contribution in [2.75, 3.05) is 46.9 Å². The number of halogens is 3. The number of carbonyl (C=O) groups excluding carboxylic acids is 2. The molecule has 0 aromatic rings. The standard InChI is InChI=1S/C25H42ClF2N7O4S/c1-11-4-12(13-5-19(26)30-8-17(13)38-2)14(6-29-11)22(36)34-25-32-16-9-35(10-18(16)40-25)24(37)21-31-7-15(20(27)28)23(33-21)39-3/h11-21,23,25,29-33H,4-10H2,1-3H3,(H,34,36). The van der Waals surface area contributed by atoms with Gasteiger partial charge in [-0.3, -0.25) is 30.9 Å². The number of fused-ring (bicyclic) bond motifs is 1. The van der Waals surface area contributed by atoms with Crippen molar-refractivity contribution in [3.63, 3.8) is 0 Å². The zero-order valence-electron chi connectivity index (χ0n) is 23.1. The van der Waals surface area contributed by atoms with E-state index in [4.69, 9.17) is 21.1 Å². The van der Waals surface area contributed by atoms with Crippen LogP contribution >= 0.6 is 23.4 Å². The van der Waals surface area contributed by atoms with Crippen LogP contribution in [0.15, 0.2) is 0 Å². The van der Waals surface area contributed by atoms with Crippen LogP contribution in [0, 0.1) is 23.7 Å². The van der Waals surface area contributed by atoms with Crippen LogP contribution in [0.1, 0.15) is 19.8 Å². The summed E-state index contributed by atoms with van der Waals surface area (Å²) in [6.07, 6.45) is -2.59. The van der Waals surface area contributed by atoms with E-state index in [9.17, 15) is 18.4 Å². The smallest absolute Gasteiger partial charge is 0.254 e. The number of ether oxygens (including phenoxy) is 2. The number of hydrogen-bond acceptors (Lipinski definition) is 10. The molecule has 6 N–H and O–H groups in total. The number of likely N-dealkylation sites (tertiary alicyclic amines) is 1. The Balaban J connectivity index is 1.14. The highest BCUT2D eigenvalue weighted by atomic mass is 35.5. The summed E-state index contributed by atoms with van der Waals surface area (Å²) in [7, 11) is 3.08. The number of amides is 2. The van der Waals surface area contributed by atoms with E-state index in [0.717, 1.165) is 12.8 Å². The average Bonchev–Trinajstić information content (AvgIpc) is 3.50. The molecule has 15 heteroatoms. The predicted molar refractivity (Wildman–Crippen MR) is 148 cm³/mol. The number of hydrogen-bond donors (Lipinski definition) is 6. The zero-order chi connectivity index (χ0) is 28.6. The van der Waals surface area contributed by atoms with Gasteiger partial charge in [0.15, 0.2) is 0 Å². The van der Waals surface area contributed by atoms with Crippen LogP contribution in [0.4, 0.5) is 8.78 Å². The maximum atomic E-state index is 13.6. The Bertz CT molecular complexity index is 901. The van der Waals surface area contributed by atoms with E-state index in [1.807, 2.05) is 0 Å². The van der Waals surface area contributed by atoms with Crippen molar-refractivity contribution in [3.05, 3.63) is 0 Å². The van der Waals surface area contributed by atoms with Gasteiger partial charge in [0.2, 0.25) is 12.3 Å². The molecule has 12 atom stereocenters. The summed E-state index contributed by atoms with van der Waals surface area (Å²) in [6, 6.07) is 0.333. The Morgan fingerprint density at radius 2 is 1.82 bits per heavy atom. The molecular formula is C25H42ClF2N7O4S. The molecule has 5 saturated heterocycles. The monoisotopic (exact) mass is 609 g/mol. The molecule has 5 aliphatic heterocycles. The molecule has 0 aromatic carbocycles. The third kappa shape index (κ3) is 6.55. The van der Waals surface area contributed by atoms with Crippen LogP contribution in [-0.2, 0) is 19.1 Å². The normalized spacial score (nSPS) is 44.0. The van der Waals surface area contributed by atoms with Crippen molar-refractivity contribution in [2.24, 2.45) is 23.7 Å². The summed E-state index contributed by atoms with van der Waals surface area (Å²) in [6.45, 7) is 4.40. The molecule has 5 aliphatic rings. The van der Waals surface area contributed by atoms with Gasteiger partial charge in [0, 0.05) is 64.3 Å². The lowest BCUT2D eigenvalue weighted by molar-refractivity contribution is -0.139. The topological polar surface area (TPSA) is 128 Å². The van der Waals surface area contributed by atoms with E-state index in [1.54, 1.807) is 23.8 Å². The summed E-state index contributed by atoms with van der Waals surface area (Å²) < 4.78 is 37.5. The van der Waals surface area contributed by atoms with Gasteiger partial charge in [-0.2, -0.15) is 0 Å². The maximum absolute atomic E-state index is 13.6. The Morgan fingerprint density at radius 3 is 2.52 bits per heavy atom. The SMILES string of the molecule is COC1CNC(Cl)CC1C1CC(C)NCC1C(=O)NC1NC2CN(C(=O)C3NCC(C(F)F)C(OC)N3)CC2S1. The second-order valence-electron chi connectivity index (χ2n) is 11.6. The quantitative estimate of drug-likeness (QED) is 0.166. The predicted octanol–water partition coefficient (Wildman–Crippen LogP) is -0.522. The lowest BCUT2D eigenvalue weighted by Gasteiger charge is -2.45. The van der Waals surface area contributed by atoms with Crippen molar-refractivity contribution in [1.29, 1.82) is 0 Å². The maximum Gasteiger partial charge on any atom is 0.254 e. The Kier molecular flexibility index (Phi) is 10.1. The van der Waals surface area contributed by atoms with E-state index < -0.39 is 24.7 Å². The zero-order valence-corrected chi connectivity index (χ0v) is 24.7. The highest BCUT2D eigenvalue weighted by Gasteiger charge is 2.48. The summed E-state index contributed by atoms with van der Waals surface area (Å²) in [4.78, 5) is 28.5. The summed E-state index contributed by atoms with van der Waals surface area (Å²) in [5.41, 5.74) is -0.380. The van der Waals surface area contributed by atoms with E-state index in [0.29, 0.717) is 32.2 Å². The second kappa shape index (κ2) is 13.2.